The van der Waals surface area contributed by atoms with Crippen LogP contribution in [0.2, 0.25) is 0 Å². The Bertz CT molecular complexity index is 571. The van der Waals surface area contributed by atoms with E-state index in [0.29, 0.717) is 24.1 Å². The van der Waals surface area contributed by atoms with Crippen molar-refractivity contribution in [3.05, 3.63) is 35.9 Å². The van der Waals surface area contributed by atoms with Gasteiger partial charge in [-0.1, -0.05) is 43.7 Å². The van der Waals surface area contributed by atoms with Gasteiger partial charge in [0.1, 0.15) is 0 Å². The van der Waals surface area contributed by atoms with Crippen molar-refractivity contribution in [1.29, 1.82) is 0 Å². The minimum Gasteiger partial charge on any atom is -0.357 e. The number of likely N-dealkylation sites (tertiary alicyclic amines) is 1. The summed E-state index contributed by atoms with van der Waals surface area (Å²) in [6.07, 6.45) is 4.88. The Morgan fingerprint density at radius 3 is 2.63 bits per heavy atom. The average Bonchev–Trinajstić information content (AvgIpc) is 2.68. The molecule has 1 aromatic carbocycles. The van der Waals surface area contributed by atoms with Gasteiger partial charge in [0.2, 0.25) is 0 Å². The van der Waals surface area contributed by atoms with Crippen LogP contribution in [0.3, 0.4) is 0 Å². The molecule has 1 aliphatic rings. The molecule has 152 valence electrons. The molecule has 1 fully saturated rings. The Kier molecular flexibility index (Phi) is 10.5. The highest BCUT2D eigenvalue weighted by molar-refractivity contribution is 7.84. The maximum atomic E-state index is 12.3. The summed E-state index contributed by atoms with van der Waals surface area (Å²) in [6, 6.07) is 10.5. The summed E-state index contributed by atoms with van der Waals surface area (Å²) in [5.41, 5.74) is 1.12. The molecule has 1 saturated heterocycles. The Hall–Kier alpha value is -1.40. The maximum Gasteiger partial charge on any atom is 0.191 e. The second-order valence-corrected chi connectivity index (χ2v) is 8.72. The van der Waals surface area contributed by atoms with Crippen LogP contribution < -0.4 is 10.6 Å². The van der Waals surface area contributed by atoms with Crippen LogP contribution in [0, 0.1) is 0 Å². The van der Waals surface area contributed by atoms with Gasteiger partial charge in [0.25, 0.3) is 0 Å². The molecule has 0 saturated carbocycles. The Morgan fingerprint density at radius 1 is 1.22 bits per heavy atom. The first kappa shape index (κ1) is 21.9. The van der Waals surface area contributed by atoms with Gasteiger partial charge in [0.15, 0.2) is 5.96 Å². The molecule has 1 aliphatic heterocycles. The van der Waals surface area contributed by atoms with E-state index in [1.54, 1.807) is 0 Å². The zero-order valence-electron chi connectivity index (χ0n) is 17.0. The lowest BCUT2D eigenvalue weighted by Crippen LogP contribution is -2.48. The molecule has 1 atom stereocenters. The molecule has 2 rings (SSSR count). The van der Waals surface area contributed by atoms with Gasteiger partial charge < -0.3 is 15.5 Å². The average molecular weight is 393 g/mol. The van der Waals surface area contributed by atoms with E-state index >= 15 is 0 Å². The fraction of sp³-hybridized carbons (Fsp3) is 0.667. The SMILES string of the molecule is CCCCN1CCC(NC(=NCCS(=O)Cc2ccccc2)NCC)CC1. The van der Waals surface area contributed by atoms with Crippen LogP contribution in [0.15, 0.2) is 35.3 Å². The number of benzene rings is 1. The Labute approximate surface area is 167 Å². The molecular weight excluding hydrogens is 356 g/mol. The molecule has 1 heterocycles. The minimum absolute atomic E-state index is 0.482. The van der Waals surface area contributed by atoms with Crippen LogP contribution in [-0.2, 0) is 16.6 Å². The highest BCUT2D eigenvalue weighted by Crippen LogP contribution is 2.11. The largest absolute Gasteiger partial charge is 0.357 e. The van der Waals surface area contributed by atoms with E-state index in [0.717, 1.165) is 44.0 Å². The summed E-state index contributed by atoms with van der Waals surface area (Å²) in [7, 11) is -0.876. The maximum absolute atomic E-state index is 12.3. The van der Waals surface area contributed by atoms with Crippen molar-refractivity contribution in [2.45, 2.75) is 51.3 Å². The third-order valence-electron chi connectivity index (χ3n) is 4.86. The fourth-order valence-corrected chi connectivity index (χ4v) is 4.29. The summed E-state index contributed by atoms with van der Waals surface area (Å²) in [5, 5.41) is 6.90. The number of rotatable bonds is 10. The van der Waals surface area contributed by atoms with Crippen LogP contribution in [0.4, 0.5) is 0 Å². The highest BCUT2D eigenvalue weighted by Gasteiger charge is 2.19. The van der Waals surface area contributed by atoms with E-state index < -0.39 is 10.8 Å². The van der Waals surface area contributed by atoms with Crippen molar-refractivity contribution in [3.8, 4) is 0 Å². The van der Waals surface area contributed by atoms with Gasteiger partial charge in [-0.25, -0.2) is 0 Å². The molecule has 0 aliphatic carbocycles. The van der Waals surface area contributed by atoms with Gasteiger partial charge in [-0.3, -0.25) is 9.20 Å². The monoisotopic (exact) mass is 392 g/mol. The standard InChI is InChI=1S/C21H36N4OS/c1-3-5-14-25-15-11-20(12-16-25)24-21(22-4-2)23-13-17-27(26)18-19-9-7-6-8-10-19/h6-10,20H,3-5,11-18H2,1-2H3,(H2,22,23,24). The molecule has 6 heteroatoms. The number of hydrogen-bond acceptors (Lipinski definition) is 3. The predicted molar refractivity (Wildman–Crippen MR) is 117 cm³/mol. The minimum atomic E-state index is -0.876. The van der Waals surface area contributed by atoms with Crippen molar-refractivity contribution < 1.29 is 4.21 Å². The first-order valence-corrected chi connectivity index (χ1v) is 11.9. The molecular formula is C21H36N4OS. The summed E-state index contributed by atoms with van der Waals surface area (Å²) in [4.78, 5) is 7.21. The number of hydrogen-bond donors (Lipinski definition) is 2. The number of unbranched alkanes of at least 4 members (excludes halogenated alkanes) is 1. The third-order valence-corrected chi connectivity index (χ3v) is 6.15. The topological polar surface area (TPSA) is 56.7 Å². The van der Waals surface area contributed by atoms with Crippen molar-refractivity contribution in [1.82, 2.24) is 15.5 Å². The van der Waals surface area contributed by atoms with E-state index in [2.05, 4.69) is 34.4 Å². The zero-order chi connectivity index (χ0) is 19.3. The Morgan fingerprint density at radius 2 is 1.96 bits per heavy atom. The van der Waals surface area contributed by atoms with Crippen molar-refractivity contribution in [2.24, 2.45) is 4.99 Å². The molecule has 0 bridgehead atoms. The van der Waals surface area contributed by atoms with Crippen LogP contribution in [0.25, 0.3) is 0 Å². The lowest BCUT2D eigenvalue weighted by Gasteiger charge is -2.33. The third kappa shape index (κ3) is 8.89. The first-order chi connectivity index (χ1) is 13.2. The van der Waals surface area contributed by atoms with Crippen molar-refractivity contribution in [3.63, 3.8) is 0 Å². The van der Waals surface area contributed by atoms with Gasteiger partial charge in [-0.2, -0.15) is 0 Å². The molecule has 0 amide bonds. The van der Waals surface area contributed by atoms with Crippen LogP contribution in [0.1, 0.15) is 45.1 Å². The summed E-state index contributed by atoms with van der Waals surface area (Å²) in [6.45, 7) is 9.32. The van der Waals surface area contributed by atoms with E-state index in [1.165, 1.54) is 19.4 Å². The van der Waals surface area contributed by atoms with E-state index in [1.807, 2.05) is 30.3 Å². The van der Waals surface area contributed by atoms with Gasteiger partial charge >= 0.3 is 0 Å². The lowest BCUT2D eigenvalue weighted by atomic mass is 10.0. The van der Waals surface area contributed by atoms with Gasteiger partial charge in [0, 0.05) is 48.0 Å². The molecule has 0 aromatic heterocycles. The second-order valence-electron chi connectivity index (χ2n) is 7.15. The normalized spacial score (nSPS) is 17.6. The predicted octanol–water partition coefficient (Wildman–Crippen LogP) is 2.75. The van der Waals surface area contributed by atoms with E-state index in [9.17, 15) is 4.21 Å². The number of nitrogens with one attached hydrogen (secondary N) is 2. The molecule has 0 radical (unpaired) electrons. The van der Waals surface area contributed by atoms with Crippen LogP contribution >= 0.6 is 0 Å². The molecule has 27 heavy (non-hydrogen) atoms. The fourth-order valence-electron chi connectivity index (χ4n) is 3.29. The molecule has 1 aromatic rings. The molecule has 0 spiro atoms. The zero-order valence-corrected chi connectivity index (χ0v) is 17.8. The van der Waals surface area contributed by atoms with Crippen molar-refractivity contribution in [2.75, 3.05) is 38.5 Å². The summed E-state index contributed by atoms with van der Waals surface area (Å²) >= 11 is 0. The van der Waals surface area contributed by atoms with E-state index in [-0.39, 0.29) is 0 Å². The number of aliphatic imine (C=N–C) groups is 1. The lowest BCUT2D eigenvalue weighted by molar-refractivity contribution is 0.203. The van der Waals surface area contributed by atoms with Gasteiger partial charge in [0.05, 0.1) is 6.54 Å². The van der Waals surface area contributed by atoms with Gasteiger partial charge in [-0.15, -0.1) is 0 Å². The highest BCUT2D eigenvalue weighted by atomic mass is 32.2. The molecule has 5 nitrogen and oxygen atoms in total. The quantitative estimate of drug-likeness (QED) is 0.475. The first-order valence-electron chi connectivity index (χ1n) is 10.4. The van der Waals surface area contributed by atoms with Crippen molar-refractivity contribution >= 4 is 16.8 Å². The van der Waals surface area contributed by atoms with Crippen LogP contribution in [0.5, 0.6) is 0 Å². The van der Waals surface area contributed by atoms with E-state index in [4.69, 9.17) is 0 Å². The second kappa shape index (κ2) is 12.9. The number of piperidine rings is 1. The molecule has 1 unspecified atom stereocenters. The number of guanidine groups is 1. The van der Waals surface area contributed by atoms with Crippen LogP contribution in [-0.4, -0.2) is 59.6 Å². The molecule has 2 N–H and O–H groups in total. The number of nitrogens with zero attached hydrogens (tertiary/aromatic N) is 2. The summed E-state index contributed by atoms with van der Waals surface area (Å²) < 4.78 is 12.3. The smallest absolute Gasteiger partial charge is 0.191 e. The summed E-state index contributed by atoms with van der Waals surface area (Å²) in [5.74, 6) is 2.07. The Balaban J connectivity index is 1.73. The van der Waals surface area contributed by atoms with Gasteiger partial charge in [-0.05, 0) is 38.3 Å².